The number of ether oxygens (including phenoxy) is 1. The second-order valence-electron chi connectivity index (χ2n) is 6.42. The number of methoxy groups -OCH3 is 1. The van der Waals surface area contributed by atoms with Crippen molar-refractivity contribution >= 4 is 50.9 Å². The third-order valence-corrected chi connectivity index (χ3v) is 5.39. The molecular weight excluding hydrogens is 462 g/mol. The largest absolute Gasteiger partial charge is 0.496 e. The zero-order chi connectivity index (χ0) is 21.0. The topological polar surface area (TPSA) is 75.9 Å². The molecule has 0 atom stereocenters. The van der Waals surface area contributed by atoms with Gasteiger partial charge in [-0.05, 0) is 36.4 Å². The van der Waals surface area contributed by atoms with Gasteiger partial charge in [0.15, 0.2) is 0 Å². The van der Waals surface area contributed by atoms with Gasteiger partial charge in [-0.25, -0.2) is 0 Å². The van der Waals surface area contributed by atoms with Crippen molar-refractivity contribution in [2.75, 3.05) is 38.2 Å². The van der Waals surface area contributed by atoms with Crippen molar-refractivity contribution in [3.05, 3.63) is 67.6 Å². The quantitative estimate of drug-likeness (QED) is 0.361. The molecule has 2 aromatic rings. The molecule has 29 heavy (non-hydrogen) atoms. The van der Waals surface area contributed by atoms with Crippen LogP contribution in [0.25, 0.3) is 6.08 Å². The van der Waals surface area contributed by atoms with Crippen molar-refractivity contribution in [1.82, 2.24) is 4.90 Å². The molecule has 0 spiro atoms. The smallest absolute Gasteiger partial charge is 0.294 e. The first-order valence-electron chi connectivity index (χ1n) is 8.88. The Hall–Kier alpha value is -2.58. The van der Waals surface area contributed by atoms with Gasteiger partial charge in [0.1, 0.15) is 11.4 Å². The maximum absolute atomic E-state index is 12.6. The van der Waals surface area contributed by atoms with Gasteiger partial charge in [-0.2, -0.15) is 0 Å². The zero-order valence-electron chi connectivity index (χ0n) is 15.7. The average molecular weight is 481 g/mol. The van der Waals surface area contributed by atoms with Crippen LogP contribution in [0.5, 0.6) is 5.75 Å². The van der Waals surface area contributed by atoms with Gasteiger partial charge in [0, 0.05) is 53.4 Å². The second kappa shape index (κ2) is 9.28. The minimum Gasteiger partial charge on any atom is -0.496 e. The molecule has 0 saturated carbocycles. The molecule has 0 aliphatic carbocycles. The van der Waals surface area contributed by atoms with E-state index in [2.05, 4.69) is 15.9 Å². The van der Waals surface area contributed by atoms with Crippen molar-refractivity contribution in [3.8, 4) is 5.75 Å². The number of nitro groups is 1. The van der Waals surface area contributed by atoms with Crippen LogP contribution in [0.15, 0.2) is 46.9 Å². The first-order chi connectivity index (χ1) is 13.9. The van der Waals surface area contributed by atoms with E-state index in [1.54, 1.807) is 30.2 Å². The molecule has 0 bridgehead atoms. The summed E-state index contributed by atoms with van der Waals surface area (Å²) >= 11 is 9.30. The predicted molar refractivity (Wildman–Crippen MR) is 117 cm³/mol. The number of halogens is 2. The summed E-state index contributed by atoms with van der Waals surface area (Å²) in [7, 11) is 1.58. The third-order valence-electron chi connectivity index (χ3n) is 4.66. The molecule has 1 saturated heterocycles. The first kappa shape index (κ1) is 21.1. The first-order valence-corrected chi connectivity index (χ1v) is 10.1. The van der Waals surface area contributed by atoms with Gasteiger partial charge in [0.05, 0.1) is 12.0 Å². The number of carbonyl (C=O) groups excluding carboxylic acids is 1. The van der Waals surface area contributed by atoms with E-state index in [0.29, 0.717) is 42.6 Å². The van der Waals surface area contributed by atoms with Crippen LogP contribution < -0.4 is 9.64 Å². The minimum atomic E-state index is -0.438. The van der Waals surface area contributed by atoms with Crippen LogP contribution in [0.3, 0.4) is 0 Å². The fraction of sp³-hybridized carbons (Fsp3) is 0.250. The highest BCUT2D eigenvalue weighted by molar-refractivity contribution is 9.10. The number of anilines is 1. The van der Waals surface area contributed by atoms with Gasteiger partial charge in [0.2, 0.25) is 5.91 Å². The van der Waals surface area contributed by atoms with Crippen LogP contribution in [0.4, 0.5) is 11.4 Å². The molecular formula is C20H19BrClN3O4. The standard InChI is InChI=1S/C20H19BrClN3O4/c1-29-19-6-3-15(21)12-14(19)2-7-20(26)24-10-8-23(9-11-24)17-5-4-16(22)13-18(17)25(27)28/h2-7,12-13H,8-11H2,1H3/b7-2+. The summed E-state index contributed by atoms with van der Waals surface area (Å²) in [6.07, 6.45) is 3.24. The van der Waals surface area contributed by atoms with Gasteiger partial charge >= 0.3 is 0 Å². The molecule has 3 rings (SSSR count). The molecule has 2 aromatic carbocycles. The Morgan fingerprint density at radius 3 is 2.59 bits per heavy atom. The minimum absolute atomic E-state index is 0.0288. The predicted octanol–water partition coefficient (Wildman–Crippen LogP) is 4.38. The lowest BCUT2D eigenvalue weighted by molar-refractivity contribution is -0.384. The fourth-order valence-electron chi connectivity index (χ4n) is 3.18. The summed E-state index contributed by atoms with van der Waals surface area (Å²) in [5.74, 6) is 0.564. The van der Waals surface area contributed by atoms with E-state index >= 15 is 0 Å². The molecule has 1 aliphatic heterocycles. The number of benzene rings is 2. The summed E-state index contributed by atoms with van der Waals surface area (Å²) in [5.41, 5.74) is 1.28. The van der Waals surface area contributed by atoms with E-state index in [-0.39, 0.29) is 11.6 Å². The van der Waals surface area contributed by atoms with Crippen LogP contribution in [0, 0.1) is 10.1 Å². The average Bonchev–Trinajstić information content (AvgIpc) is 2.72. The third kappa shape index (κ3) is 5.07. The van der Waals surface area contributed by atoms with Crippen LogP contribution >= 0.6 is 27.5 Å². The van der Waals surface area contributed by atoms with Crippen molar-refractivity contribution in [2.45, 2.75) is 0 Å². The number of nitrogens with zero attached hydrogens (tertiary/aromatic N) is 3. The van der Waals surface area contributed by atoms with Crippen LogP contribution in [-0.4, -0.2) is 49.0 Å². The molecule has 0 N–H and O–H groups in total. The summed E-state index contributed by atoms with van der Waals surface area (Å²) in [6, 6.07) is 10.2. The number of nitro benzene ring substituents is 1. The fourth-order valence-corrected chi connectivity index (χ4v) is 3.73. The zero-order valence-corrected chi connectivity index (χ0v) is 18.0. The van der Waals surface area contributed by atoms with E-state index in [1.807, 2.05) is 23.1 Å². The second-order valence-corrected chi connectivity index (χ2v) is 7.77. The monoisotopic (exact) mass is 479 g/mol. The lowest BCUT2D eigenvalue weighted by Crippen LogP contribution is -2.48. The number of hydrogen-bond acceptors (Lipinski definition) is 5. The highest BCUT2D eigenvalue weighted by Crippen LogP contribution is 2.31. The molecule has 1 fully saturated rings. The van der Waals surface area contributed by atoms with Crippen molar-refractivity contribution < 1.29 is 14.5 Å². The van der Waals surface area contributed by atoms with E-state index in [9.17, 15) is 14.9 Å². The molecule has 0 aromatic heterocycles. The maximum atomic E-state index is 12.6. The highest BCUT2D eigenvalue weighted by Gasteiger charge is 2.25. The summed E-state index contributed by atoms with van der Waals surface area (Å²) in [5, 5.41) is 11.6. The lowest BCUT2D eigenvalue weighted by atomic mass is 10.1. The molecule has 9 heteroatoms. The Morgan fingerprint density at radius 1 is 1.21 bits per heavy atom. The molecule has 1 heterocycles. The van der Waals surface area contributed by atoms with E-state index < -0.39 is 4.92 Å². The van der Waals surface area contributed by atoms with Gasteiger partial charge in [0.25, 0.3) is 5.69 Å². The van der Waals surface area contributed by atoms with Crippen molar-refractivity contribution in [3.63, 3.8) is 0 Å². The molecule has 1 aliphatic rings. The number of carbonyl (C=O) groups is 1. The number of rotatable bonds is 5. The van der Waals surface area contributed by atoms with Gasteiger partial charge < -0.3 is 14.5 Å². The Balaban J connectivity index is 1.66. The summed E-state index contributed by atoms with van der Waals surface area (Å²) in [6.45, 7) is 1.95. The van der Waals surface area contributed by atoms with Crippen LogP contribution in [0.1, 0.15) is 5.56 Å². The normalized spacial score (nSPS) is 14.3. The SMILES string of the molecule is COc1ccc(Br)cc1/C=C/C(=O)N1CCN(c2ccc(Cl)cc2[N+](=O)[O-])CC1. The van der Waals surface area contributed by atoms with Crippen molar-refractivity contribution in [2.24, 2.45) is 0 Å². The highest BCUT2D eigenvalue weighted by atomic mass is 79.9. The Morgan fingerprint density at radius 2 is 1.93 bits per heavy atom. The van der Waals surface area contributed by atoms with E-state index in [4.69, 9.17) is 16.3 Å². The molecule has 1 amide bonds. The Labute approximate surface area is 181 Å². The van der Waals surface area contributed by atoms with E-state index in [0.717, 1.165) is 10.0 Å². The van der Waals surface area contributed by atoms with Crippen LogP contribution in [0.2, 0.25) is 5.02 Å². The number of hydrogen-bond donors (Lipinski definition) is 0. The van der Waals surface area contributed by atoms with Gasteiger partial charge in [-0.15, -0.1) is 0 Å². The molecule has 0 unspecified atom stereocenters. The summed E-state index contributed by atoms with van der Waals surface area (Å²) < 4.78 is 6.20. The Bertz CT molecular complexity index is 959. The summed E-state index contributed by atoms with van der Waals surface area (Å²) in [4.78, 5) is 27.1. The lowest BCUT2D eigenvalue weighted by Gasteiger charge is -2.35. The van der Waals surface area contributed by atoms with E-state index in [1.165, 1.54) is 12.1 Å². The molecule has 0 radical (unpaired) electrons. The number of amides is 1. The molecule has 152 valence electrons. The van der Waals surface area contributed by atoms with Crippen molar-refractivity contribution in [1.29, 1.82) is 0 Å². The number of piperazine rings is 1. The maximum Gasteiger partial charge on any atom is 0.294 e. The Kier molecular flexibility index (Phi) is 6.76. The van der Waals surface area contributed by atoms with Gasteiger partial charge in [-0.3, -0.25) is 14.9 Å². The molecule has 7 nitrogen and oxygen atoms in total. The van der Waals surface area contributed by atoms with Crippen LogP contribution in [-0.2, 0) is 4.79 Å². The van der Waals surface area contributed by atoms with Gasteiger partial charge in [-0.1, -0.05) is 27.5 Å².